The number of nitrogens with two attached hydrogens (primary N) is 1. The fourth-order valence-corrected chi connectivity index (χ4v) is 1.80. The van der Waals surface area contributed by atoms with Gasteiger partial charge in [-0.25, -0.2) is 0 Å². The lowest BCUT2D eigenvalue weighted by Gasteiger charge is -2.15. The first-order valence-corrected chi connectivity index (χ1v) is 4.25. The molecule has 1 saturated heterocycles. The molecular formula is C8H16N2O. The maximum Gasteiger partial charge on any atom is 0.217 e. The summed E-state index contributed by atoms with van der Waals surface area (Å²) in [5.41, 5.74) is 5.12. The number of nitrogens with one attached hydrogen (secondary N) is 1. The van der Waals surface area contributed by atoms with E-state index in [9.17, 15) is 4.79 Å². The molecule has 64 valence electrons. The third-order valence-electron chi connectivity index (χ3n) is 2.39. The van der Waals surface area contributed by atoms with Gasteiger partial charge in [-0.15, -0.1) is 0 Å². The molecule has 1 rings (SSSR count). The molecule has 1 heterocycles. The summed E-state index contributed by atoms with van der Waals surface area (Å²) in [6.07, 6.45) is 2.74. The molecule has 0 aromatic carbocycles. The second kappa shape index (κ2) is 3.72. The number of carbonyl (C=O) groups is 1. The monoisotopic (exact) mass is 156 g/mol. The minimum absolute atomic E-state index is 0.169. The van der Waals surface area contributed by atoms with Gasteiger partial charge in [-0.05, 0) is 25.3 Å². The average Bonchev–Trinajstić information content (AvgIpc) is 2.34. The van der Waals surface area contributed by atoms with E-state index < -0.39 is 0 Å². The molecule has 2 atom stereocenters. The Morgan fingerprint density at radius 1 is 1.73 bits per heavy atom. The third-order valence-corrected chi connectivity index (χ3v) is 2.39. The highest BCUT2D eigenvalue weighted by Gasteiger charge is 2.26. The van der Waals surface area contributed by atoms with Gasteiger partial charge in [0.25, 0.3) is 0 Å². The van der Waals surface area contributed by atoms with E-state index in [4.69, 9.17) is 5.73 Å². The second-order valence-corrected chi connectivity index (χ2v) is 3.19. The van der Waals surface area contributed by atoms with Crippen molar-refractivity contribution in [2.45, 2.75) is 32.2 Å². The Hall–Kier alpha value is -0.570. The van der Waals surface area contributed by atoms with E-state index in [0.29, 0.717) is 18.4 Å². The van der Waals surface area contributed by atoms with Crippen molar-refractivity contribution in [3.63, 3.8) is 0 Å². The highest BCUT2D eigenvalue weighted by atomic mass is 16.1. The van der Waals surface area contributed by atoms with E-state index in [1.807, 2.05) is 0 Å². The van der Waals surface area contributed by atoms with Crippen molar-refractivity contribution >= 4 is 5.91 Å². The average molecular weight is 156 g/mol. The van der Waals surface area contributed by atoms with Gasteiger partial charge >= 0.3 is 0 Å². The van der Waals surface area contributed by atoms with Gasteiger partial charge in [0.1, 0.15) is 0 Å². The van der Waals surface area contributed by atoms with Gasteiger partial charge in [-0.1, -0.05) is 6.92 Å². The maximum absolute atomic E-state index is 10.6. The van der Waals surface area contributed by atoms with Crippen molar-refractivity contribution in [3.05, 3.63) is 0 Å². The summed E-state index contributed by atoms with van der Waals surface area (Å²) in [6.45, 7) is 3.17. The molecule has 0 aromatic rings. The molecule has 11 heavy (non-hydrogen) atoms. The van der Waals surface area contributed by atoms with E-state index in [1.165, 1.54) is 0 Å². The fourth-order valence-electron chi connectivity index (χ4n) is 1.80. The Labute approximate surface area is 67.3 Å². The minimum Gasteiger partial charge on any atom is -0.370 e. The third kappa shape index (κ3) is 2.19. The van der Waals surface area contributed by atoms with Gasteiger partial charge in [0.05, 0.1) is 0 Å². The number of hydrogen-bond donors (Lipinski definition) is 2. The summed E-state index contributed by atoms with van der Waals surface area (Å²) < 4.78 is 0. The molecule has 3 nitrogen and oxygen atoms in total. The van der Waals surface area contributed by atoms with Gasteiger partial charge in [0.2, 0.25) is 5.91 Å². The molecule has 0 saturated carbocycles. The lowest BCUT2D eigenvalue weighted by Crippen LogP contribution is -2.28. The minimum atomic E-state index is -0.169. The predicted octanol–water partition coefficient (Wildman–Crippen LogP) is 0.250. The van der Waals surface area contributed by atoms with Gasteiger partial charge in [-0.3, -0.25) is 4.79 Å². The van der Waals surface area contributed by atoms with E-state index in [0.717, 1.165) is 19.4 Å². The van der Waals surface area contributed by atoms with Crippen molar-refractivity contribution in [2.75, 3.05) is 6.54 Å². The van der Waals surface area contributed by atoms with Crippen molar-refractivity contribution in [2.24, 2.45) is 11.7 Å². The molecule has 0 spiro atoms. The molecular weight excluding hydrogens is 140 g/mol. The Bertz CT molecular complexity index is 147. The molecule has 1 amide bonds. The Morgan fingerprint density at radius 3 is 3.00 bits per heavy atom. The molecule has 0 radical (unpaired) electrons. The van der Waals surface area contributed by atoms with Gasteiger partial charge in [0.15, 0.2) is 0 Å². The Balaban J connectivity index is 2.37. The number of carbonyl (C=O) groups excluding carboxylic acids is 1. The van der Waals surface area contributed by atoms with Crippen molar-refractivity contribution in [3.8, 4) is 0 Å². The molecule has 3 heteroatoms. The standard InChI is InChI=1S/C8H16N2O/c1-2-7-6(3-4-10-7)5-8(9)11/h6-7,10H,2-5H2,1H3,(H2,9,11)/t6-,7-/m1/s1. The van der Waals surface area contributed by atoms with Crippen LogP contribution in [0.4, 0.5) is 0 Å². The van der Waals surface area contributed by atoms with Crippen LogP contribution in [0.15, 0.2) is 0 Å². The summed E-state index contributed by atoms with van der Waals surface area (Å²) in [7, 11) is 0. The molecule has 3 N–H and O–H groups in total. The Kier molecular flexibility index (Phi) is 2.88. The first kappa shape index (κ1) is 8.53. The summed E-state index contributed by atoms with van der Waals surface area (Å²) in [5.74, 6) is 0.314. The van der Waals surface area contributed by atoms with Gasteiger partial charge in [0, 0.05) is 12.5 Å². The lowest BCUT2D eigenvalue weighted by atomic mass is 9.95. The van der Waals surface area contributed by atoms with Crippen LogP contribution in [0.1, 0.15) is 26.2 Å². The molecule has 1 aliphatic rings. The molecule has 1 fully saturated rings. The van der Waals surface area contributed by atoms with Crippen LogP contribution < -0.4 is 11.1 Å². The first-order chi connectivity index (χ1) is 5.24. The van der Waals surface area contributed by atoms with E-state index >= 15 is 0 Å². The van der Waals surface area contributed by atoms with Gasteiger partial charge in [-0.2, -0.15) is 0 Å². The quantitative estimate of drug-likeness (QED) is 0.615. The maximum atomic E-state index is 10.6. The fraction of sp³-hybridized carbons (Fsp3) is 0.875. The molecule has 0 unspecified atom stereocenters. The molecule has 0 bridgehead atoms. The zero-order valence-electron chi connectivity index (χ0n) is 6.97. The summed E-state index contributed by atoms with van der Waals surface area (Å²) in [6, 6.07) is 0.516. The van der Waals surface area contributed by atoms with Crippen LogP contribution >= 0.6 is 0 Å². The summed E-state index contributed by atoms with van der Waals surface area (Å²) in [5, 5.41) is 3.35. The highest BCUT2D eigenvalue weighted by Crippen LogP contribution is 2.20. The zero-order chi connectivity index (χ0) is 8.27. The number of hydrogen-bond acceptors (Lipinski definition) is 2. The zero-order valence-corrected chi connectivity index (χ0v) is 6.97. The van der Waals surface area contributed by atoms with Crippen LogP contribution in [-0.4, -0.2) is 18.5 Å². The second-order valence-electron chi connectivity index (χ2n) is 3.19. The van der Waals surface area contributed by atoms with E-state index in [1.54, 1.807) is 0 Å². The van der Waals surface area contributed by atoms with Crippen LogP contribution in [-0.2, 0) is 4.79 Å². The van der Waals surface area contributed by atoms with Crippen LogP contribution in [0.25, 0.3) is 0 Å². The molecule has 1 aliphatic heterocycles. The van der Waals surface area contributed by atoms with Crippen molar-refractivity contribution in [1.82, 2.24) is 5.32 Å². The topological polar surface area (TPSA) is 55.1 Å². The normalized spacial score (nSPS) is 30.6. The van der Waals surface area contributed by atoms with E-state index in [-0.39, 0.29) is 5.91 Å². The largest absolute Gasteiger partial charge is 0.370 e. The summed E-state index contributed by atoms with van der Waals surface area (Å²) in [4.78, 5) is 10.6. The highest BCUT2D eigenvalue weighted by molar-refractivity contribution is 5.74. The summed E-state index contributed by atoms with van der Waals surface area (Å²) >= 11 is 0. The number of rotatable bonds is 3. The smallest absolute Gasteiger partial charge is 0.217 e. The van der Waals surface area contributed by atoms with Crippen LogP contribution in [0.3, 0.4) is 0 Å². The van der Waals surface area contributed by atoms with Crippen molar-refractivity contribution in [1.29, 1.82) is 0 Å². The van der Waals surface area contributed by atoms with Crippen molar-refractivity contribution < 1.29 is 4.79 Å². The number of amides is 1. The molecule has 0 aromatic heterocycles. The predicted molar refractivity (Wildman–Crippen MR) is 44.0 cm³/mol. The van der Waals surface area contributed by atoms with E-state index in [2.05, 4.69) is 12.2 Å². The lowest BCUT2D eigenvalue weighted by molar-refractivity contribution is -0.119. The van der Waals surface area contributed by atoms with Gasteiger partial charge < -0.3 is 11.1 Å². The Morgan fingerprint density at radius 2 is 2.45 bits per heavy atom. The molecule has 0 aliphatic carbocycles. The van der Waals surface area contributed by atoms with Crippen LogP contribution in [0.5, 0.6) is 0 Å². The SMILES string of the molecule is CC[C@H]1NCC[C@@H]1CC(N)=O. The van der Waals surface area contributed by atoms with Crippen LogP contribution in [0.2, 0.25) is 0 Å². The first-order valence-electron chi connectivity index (χ1n) is 4.25. The van der Waals surface area contributed by atoms with Crippen LogP contribution in [0, 0.1) is 5.92 Å². The number of primary amides is 1.